The molecule has 1 aliphatic carbocycles. The second-order valence-corrected chi connectivity index (χ2v) is 4.85. The van der Waals surface area contributed by atoms with Crippen molar-refractivity contribution in [3.8, 4) is 5.75 Å². The lowest BCUT2D eigenvalue weighted by Gasteiger charge is -2.33. The van der Waals surface area contributed by atoms with Gasteiger partial charge in [-0.05, 0) is 43.4 Å². The summed E-state index contributed by atoms with van der Waals surface area (Å²) in [7, 11) is 0. The fourth-order valence-corrected chi connectivity index (χ4v) is 2.55. The molecule has 1 fully saturated rings. The van der Waals surface area contributed by atoms with Crippen molar-refractivity contribution in [3.63, 3.8) is 0 Å². The van der Waals surface area contributed by atoms with Crippen LogP contribution in [0.1, 0.15) is 31.2 Å². The van der Waals surface area contributed by atoms with E-state index < -0.39 is 5.67 Å². The Kier molecular flexibility index (Phi) is 3.15. The summed E-state index contributed by atoms with van der Waals surface area (Å²) in [5.74, 6) is 0.196. The Morgan fingerprint density at radius 2 is 2.31 bits per heavy atom. The topological polar surface area (TPSA) is 46.2 Å². The lowest BCUT2D eigenvalue weighted by atomic mass is 9.80. The molecule has 1 aliphatic rings. The minimum Gasteiger partial charge on any atom is -0.508 e. The van der Waals surface area contributed by atoms with Gasteiger partial charge in [0.25, 0.3) is 0 Å². The lowest BCUT2D eigenvalue weighted by Crippen LogP contribution is -2.39. The third-order valence-electron chi connectivity index (χ3n) is 3.26. The molecule has 2 rings (SSSR count). The summed E-state index contributed by atoms with van der Waals surface area (Å²) in [5, 5.41) is 9.33. The van der Waals surface area contributed by atoms with E-state index in [1.165, 1.54) is 0 Å². The van der Waals surface area contributed by atoms with Gasteiger partial charge in [0.05, 0.1) is 0 Å². The average molecular weight is 223 g/mol. The zero-order valence-corrected chi connectivity index (χ0v) is 9.32. The smallest absolute Gasteiger partial charge is 0.116 e. The van der Waals surface area contributed by atoms with Gasteiger partial charge in [0.1, 0.15) is 11.4 Å². The number of nitrogens with two attached hydrogens (primary N) is 1. The normalized spacial score (nSPS) is 30.2. The summed E-state index contributed by atoms with van der Waals surface area (Å²) >= 11 is 0. The molecular formula is C13H18FNO. The number of alkyl halides is 1. The predicted octanol–water partition coefficient (Wildman–Crippen LogP) is 2.54. The van der Waals surface area contributed by atoms with Crippen LogP contribution in [0.25, 0.3) is 0 Å². The maximum atomic E-state index is 14.5. The van der Waals surface area contributed by atoms with Gasteiger partial charge in [0.15, 0.2) is 0 Å². The van der Waals surface area contributed by atoms with Gasteiger partial charge in [-0.1, -0.05) is 12.1 Å². The molecule has 2 atom stereocenters. The minimum atomic E-state index is -1.19. The molecule has 16 heavy (non-hydrogen) atoms. The first-order valence-corrected chi connectivity index (χ1v) is 5.80. The van der Waals surface area contributed by atoms with Crippen LogP contribution in [0.5, 0.6) is 5.75 Å². The third-order valence-corrected chi connectivity index (χ3v) is 3.26. The molecule has 2 unspecified atom stereocenters. The van der Waals surface area contributed by atoms with Gasteiger partial charge in [-0.2, -0.15) is 0 Å². The van der Waals surface area contributed by atoms with Crippen LogP contribution in [0.2, 0.25) is 0 Å². The van der Waals surface area contributed by atoms with Crippen LogP contribution in [0.4, 0.5) is 4.39 Å². The number of rotatable bonds is 2. The highest BCUT2D eigenvalue weighted by molar-refractivity contribution is 5.28. The molecule has 88 valence electrons. The van der Waals surface area contributed by atoms with Gasteiger partial charge in [0.2, 0.25) is 0 Å². The Labute approximate surface area is 95.3 Å². The first-order chi connectivity index (χ1) is 7.57. The van der Waals surface area contributed by atoms with Crippen LogP contribution in [0, 0.1) is 0 Å². The van der Waals surface area contributed by atoms with Crippen LogP contribution in [-0.4, -0.2) is 16.8 Å². The minimum absolute atomic E-state index is 0.0175. The van der Waals surface area contributed by atoms with Gasteiger partial charge in [-0.15, -0.1) is 0 Å². The average Bonchev–Trinajstić information content (AvgIpc) is 2.16. The van der Waals surface area contributed by atoms with Gasteiger partial charge in [-0.3, -0.25) is 0 Å². The fourth-order valence-electron chi connectivity index (χ4n) is 2.55. The van der Waals surface area contributed by atoms with Crippen LogP contribution in [0.3, 0.4) is 0 Å². The molecule has 0 heterocycles. The van der Waals surface area contributed by atoms with Crippen LogP contribution in [-0.2, 0) is 6.42 Å². The molecule has 0 bridgehead atoms. The maximum absolute atomic E-state index is 14.5. The summed E-state index contributed by atoms with van der Waals surface area (Å²) < 4.78 is 14.5. The molecule has 1 saturated carbocycles. The second-order valence-electron chi connectivity index (χ2n) is 4.85. The quantitative estimate of drug-likeness (QED) is 0.809. The predicted molar refractivity (Wildman–Crippen MR) is 62.1 cm³/mol. The fraction of sp³-hybridized carbons (Fsp3) is 0.538. The van der Waals surface area contributed by atoms with Crippen molar-refractivity contribution < 1.29 is 9.50 Å². The number of halogens is 1. The van der Waals surface area contributed by atoms with Crippen LogP contribution < -0.4 is 5.73 Å². The van der Waals surface area contributed by atoms with Crippen molar-refractivity contribution in [3.05, 3.63) is 29.8 Å². The summed E-state index contributed by atoms with van der Waals surface area (Å²) in [5.41, 5.74) is 5.46. The number of aromatic hydroxyl groups is 1. The molecule has 0 aromatic heterocycles. The molecule has 1 aromatic carbocycles. The Bertz CT molecular complexity index is 369. The summed E-state index contributed by atoms with van der Waals surface area (Å²) in [4.78, 5) is 0. The van der Waals surface area contributed by atoms with Crippen molar-refractivity contribution in [2.45, 2.75) is 43.8 Å². The summed E-state index contributed by atoms with van der Waals surface area (Å²) in [6.45, 7) is 0. The van der Waals surface area contributed by atoms with E-state index in [9.17, 15) is 9.50 Å². The van der Waals surface area contributed by atoms with E-state index in [-0.39, 0.29) is 11.8 Å². The Balaban J connectivity index is 2.08. The van der Waals surface area contributed by atoms with Gasteiger partial charge >= 0.3 is 0 Å². The lowest BCUT2D eigenvalue weighted by molar-refractivity contribution is 0.0965. The monoisotopic (exact) mass is 223 g/mol. The van der Waals surface area contributed by atoms with E-state index in [2.05, 4.69) is 0 Å². The van der Waals surface area contributed by atoms with Gasteiger partial charge in [-0.25, -0.2) is 4.39 Å². The van der Waals surface area contributed by atoms with Crippen molar-refractivity contribution in [2.24, 2.45) is 5.73 Å². The highest BCUT2D eigenvalue weighted by Crippen LogP contribution is 2.34. The molecule has 0 spiro atoms. The van der Waals surface area contributed by atoms with Crippen molar-refractivity contribution in [1.82, 2.24) is 0 Å². The maximum Gasteiger partial charge on any atom is 0.116 e. The third kappa shape index (κ3) is 2.73. The number of benzene rings is 1. The first kappa shape index (κ1) is 11.4. The Hall–Kier alpha value is -1.09. The number of phenolic OH excluding ortho intramolecular Hbond substituents is 1. The van der Waals surface area contributed by atoms with E-state index in [0.29, 0.717) is 19.3 Å². The van der Waals surface area contributed by atoms with E-state index >= 15 is 0 Å². The molecule has 0 amide bonds. The van der Waals surface area contributed by atoms with Crippen molar-refractivity contribution >= 4 is 0 Å². The highest BCUT2D eigenvalue weighted by Gasteiger charge is 2.35. The summed E-state index contributed by atoms with van der Waals surface area (Å²) in [6.07, 6.45) is 3.15. The standard InChI is InChI=1S/C13H18FNO/c14-13(6-2-4-11(15)9-13)8-10-3-1-5-12(16)7-10/h1,3,5,7,11,16H,2,4,6,8-9,15H2. The second kappa shape index (κ2) is 4.42. The molecule has 2 nitrogen and oxygen atoms in total. The molecular weight excluding hydrogens is 205 g/mol. The van der Waals surface area contributed by atoms with Crippen LogP contribution in [0.15, 0.2) is 24.3 Å². The van der Waals surface area contributed by atoms with E-state index in [4.69, 9.17) is 5.73 Å². The number of hydrogen-bond acceptors (Lipinski definition) is 2. The number of hydrogen-bond donors (Lipinski definition) is 2. The van der Waals surface area contributed by atoms with E-state index in [1.807, 2.05) is 6.07 Å². The Morgan fingerprint density at radius 3 is 3.00 bits per heavy atom. The largest absolute Gasteiger partial charge is 0.508 e. The van der Waals surface area contributed by atoms with E-state index in [1.54, 1.807) is 18.2 Å². The summed E-state index contributed by atoms with van der Waals surface area (Å²) in [6, 6.07) is 6.80. The van der Waals surface area contributed by atoms with Gasteiger partial charge < -0.3 is 10.8 Å². The zero-order chi connectivity index (χ0) is 11.6. The van der Waals surface area contributed by atoms with Gasteiger partial charge in [0, 0.05) is 12.5 Å². The molecule has 3 heteroatoms. The molecule has 1 aromatic rings. The van der Waals surface area contributed by atoms with Crippen LogP contribution >= 0.6 is 0 Å². The molecule has 0 aliphatic heterocycles. The molecule has 0 radical (unpaired) electrons. The zero-order valence-electron chi connectivity index (χ0n) is 9.32. The SMILES string of the molecule is NC1CCCC(F)(Cc2cccc(O)c2)C1. The Morgan fingerprint density at radius 1 is 1.50 bits per heavy atom. The van der Waals surface area contributed by atoms with Crippen molar-refractivity contribution in [2.75, 3.05) is 0 Å². The first-order valence-electron chi connectivity index (χ1n) is 5.80. The molecule has 0 saturated heterocycles. The molecule has 3 N–H and O–H groups in total. The number of phenols is 1. The van der Waals surface area contributed by atoms with Crippen molar-refractivity contribution in [1.29, 1.82) is 0 Å². The van der Waals surface area contributed by atoms with E-state index in [0.717, 1.165) is 18.4 Å². The highest BCUT2D eigenvalue weighted by atomic mass is 19.1.